The summed E-state index contributed by atoms with van der Waals surface area (Å²) in [5.41, 5.74) is 4.63. The summed E-state index contributed by atoms with van der Waals surface area (Å²) < 4.78 is 2.06. The maximum absolute atomic E-state index is 12.8. The van der Waals surface area contributed by atoms with Gasteiger partial charge in [-0.15, -0.1) is 0 Å². The molecule has 7 heteroatoms. The first-order valence-corrected chi connectivity index (χ1v) is 11.1. The van der Waals surface area contributed by atoms with Crippen LogP contribution < -0.4 is 4.90 Å². The fourth-order valence-electron chi connectivity index (χ4n) is 3.67. The van der Waals surface area contributed by atoms with Crippen LogP contribution >= 0.6 is 11.8 Å². The number of hydrogen-bond donors (Lipinski definition) is 1. The van der Waals surface area contributed by atoms with E-state index in [-0.39, 0.29) is 11.7 Å². The van der Waals surface area contributed by atoms with E-state index in [1.54, 1.807) is 18.3 Å². The molecule has 4 rings (SSSR count). The molecule has 1 fully saturated rings. The number of hydrogen-bond acceptors (Lipinski definition) is 5. The molecule has 2 aromatic carbocycles. The number of aryl methyl sites for hydroxylation is 1. The quantitative estimate of drug-likeness (QED) is 0.636. The molecule has 0 radical (unpaired) electrons. The lowest BCUT2D eigenvalue weighted by molar-refractivity contribution is -0.128. The predicted octanol–water partition coefficient (Wildman–Crippen LogP) is 3.64. The Balaban J connectivity index is 1.35. The highest BCUT2D eigenvalue weighted by molar-refractivity contribution is 7.99. The molecule has 2 heterocycles. The number of thioether (sulfide) groups is 1. The summed E-state index contributed by atoms with van der Waals surface area (Å²) in [5, 5.41) is 10.3. The third-order valence-corrected chi connectivity index (χ3v) is 6.57. The number of aromatic hydroxyl groups is 1. The summed E-state index contributed by atoms with van der Waals surface area (Å²) in [6.45, 7) is 7.19. The third kappa shape index (κ3) is 4.31. The number of piperazine rings is 1. The number of benzene rings is 2. The molecular weight excluding hydrogens is 396 g/mol. The normalized spacial score (nSPS) is 14.2. The van der Waals surface area contributed by atoms with Crippen LogP contribution in [0.2, 0.25) is 0 Å². The van der Waals surface area contributed by atoms with Gasteiger partial charge in [-0.05, 0) is 55.3 Å². The van der Waals surface area contributed by atoms with Gasteiger partial charge in [0.2, 0.25) is 5.91 Å². The van der Waals surface area contributed by atoms with Crippen LogP contribution in [0.15, 0.2) is 60.0 Å². The fraction of sp³-hybridized carbons (Fsp3) is 0.304. The van der Waals surface area contributed by atoms with Crippen molar-refractivity contribution in [2.45, 2.75) is 19.0 Å². The second-order valence-corrected chi connectivity index (χ2v) is 8.41. The van der Waals surface area contributed by atoms with Gasteiger partial charge >= 0.3 is 0 Å². The smallest absolute Gasteiger partial charge is 0.233 e. The number of nitrogens with zero attached hydrogens (tertiary/aromatic N) is 4. The van der Waals surface area contributed by atoms with Crippen molar-refractivity contribution >= 4 is 23.4 Å². The van der Waals surface area contributed by atoms with Crippen LogP contribution in [0.25, 0.3) is 5.69 Å². The lowest BCUT2D eigenvalue weighted by Gasteiger charge is -2.36. The maximum Gasteiger partial charge on any atom is 0.233 e. The Hall–Kier alpha value is -2.93. The molecule has 156 valence electrons. The van der Waals surface area contributed by atoms with Crippen molar-refractivity contribution in [1.82, 2.24) is 14.5 Å². The van der Waals surface area contributed by atoms with E-state index in [1.807, 2.05) is 29.3 Å². The molecule has 1 amide bonds. The van der Waals surface area contributed by atoms with Crippen LogP contribution in [0.3, 0.4) is 0 Å². The van der Waals surface area contributed by atoms with E-state index < -0.39 is 0 Å². The number of phenols is 1. The molecule has 3 aromatic rings. The van der Waals surface area contributed by atoms with Gasteiger partial charge in [0, 0.05) is 44.3 Å². The third-order valence-electron chi connectivity index (χ3n) is 5.61. The van der Waals surface area contributed by atoms with Gasteiger partial charge in [-0.3, -0.25) is 9.36 Å². The molecule has 30 heavy (non-hydrogen) atoms. The van der Waals surface area contributed by atoms with E-state index in [0.29, 0.717) is 18.8 Å². The molecule has 0 spiro atoms. The zero-order chi connectivity index (χ0) is 21.1. The first-order valence-electron chi connectivity index (χ1n) is 10.1. The molecule has 1 aromatic heterocycles. The highest BCUT2D eigenvalue weighted by Gasteiger charge is 2.22. The molecule has 1 aliphatic rings. The van der Waals surface area contributed by atoms with Gasteiger partial charge < -0.3 is 14.9 Å². The van der Waals surface area contributed by atoms with E-state index >= 15 is 0 Å². The molecule has 0 aliphatic carbocycles. The minimum Gasteiger partial charge on any atom is -0.508 e. The Bertz CT molecular complexity index is 1020. The lowest BCUT2D eigenvalue weighted by Crippen LogP contribution is -2.49. The number of carbonyl (C=O) groups is 1. The molecule has 0 atom stereocenters. The second kappa shape index (κ2) is 8.83. The number of amides is 1. The lowest BCUT2D eigenvalue weighted by atomic mass is 10.1. The van der Waals surface area contributed by atoms with Gasteiger partial charge in [-0.1, -0.05) is 23.9 Å². The Morgan fingerprint density at radius 3 is 2.53 bits per heavy atom. The van der Waals surface area contributed by atoms with Crippen LogP contribution in [-0.2, 0) is 4.79 Å². The van der Waals surface area contributed by atoms with Gasteiger partial charge in [-0.25, -0.2) is 4.98 Å². The maximum atomic E-state index is 12.8. The average molecular weight is 423 g/mol. The van der Waals surface area contributed by atoms with Crippen LogP contribution in [0, 0.1) is 13.8 Å². The van der Waals surface area contributed by atoms with E-state index in [4.69, 9.17) is 0 Å². The molecule has 1 N–H and O–H groups in total. The van der Waals surface area contributed by atoms with Crippen molar-refractivity contribution in [3.05, 3.63) is 66.0 Å². The zero-order valence-corrected chi connectivity index (χ0v) is 18.1. The van der Waals surface area contributed by atoms with Crippen molar-refractivity contribution in [3.8, 4) is 11.4 Å². The summed E-state index contributed by atoms with van der Waals surface area (Å²) in [6.07, 6.45) is 3.73. The Morgan fingerprint density at radius 2 is 1.80 bits per heavy atom. The van der Waals surface area contributed by atoms with Crippen LogP contribution in [0.4, 0.5) is 5.69 Å². The molecular formula is C23H26N4O2S. The minimum atomic E-state index is 0.140. The first-order chi connectivity index (χ1) is 14.5. The molecule has 1 aliphatic heterocycles. The predicted molar refractivity (Wildman–Crippen MR) is 121 cm³/mol. The molecule has 0 unspecified atom stereocenters. The number of carbonyl (C=O) groups excluding carboxylic acids is 1. The van der Waals surface area contributed by atoms with Gasteiger partial charge in [0.15, 0.2) is 5.16 Å². The number of imidazole rings is 1. The molecule has 6 nitrogen and oxygen atoms in total. The minimum absolute atomic E-state index is 0.140. The van der Waals surface area contributed by atoms with Gasteiger partial charge in [0.25, 0.3) is 0 Å². The molecule has 1 saturated heterocycles. The van der Waals surface area contributed by atoms with Gasteiger partial charge in [0.05, 0.1) is 11.4 Å². The SMILES string of the molecule is Cc1cccc(-n2ccnc2SCC(=O)N2CCN(c3ccc(O)cc3)CC2)c1C. The van der Waals surface area contributed by atoms with Crippen molar-refractivity contribution in [3.63, 3.8) is 0 Å². The number of phenolic OH excluding ortho intramolecular Hbond substituents is 1. The standard InChI is InChI=1S/C23H26N4O2S/c1-17-4-3-5-21(18(17)2)27-11-10-24-23(27)30-16-22(29)26-14-12-25(13-15-26)19-6-8-20(28)9-7-19/h3-11,28H,12-16H2,1-2H3. The van der Waals surface area contributed by atoms with Crippen LogP contribution in [0.1, 0.15) is 11.1 Å². The average Bonchev–Trinajstić information content (AvgIpc) is 3.23. The second-order valence-electron chi connectivity index (χ2n) is 7.47. The van der Waals surface area contributed by atoms with E-state index in [1.165, 1.54) is 22.9 Å². The number of rotatable bonds is 5. The summed E-state index contributed by atoms with van der Waals surface area (Å²) in [6, 6.07) is 13.4. The van der Waals surface area contributed by atoms with Crippen molar-refractivity contribution < 1.29 is 9.90 Å². The Labute approximate surface area is 181 Å². The summed E-state index contributed by atoms with van der Waals surface area (Å²) >= 11 is 1.48. The van der Waals surface area contributed by atoms with Crippen molar-refractivity contribution in [1.29, 1.82) is 0 Å². The molecule has 0 bridgehead atoms. The van der Waals surface area contributed by atoms with Crippen molar-refractivity contribution in [2.24, 2.45) is 0 Å². The molecule has 0 saturated carbocycles. The first kappa shape index (κ1) is 20.3. The van der Waals surface area contributed by atoms with Gasteiger partial charge in [0.1, 0.15) is 5.75 Å². The fourth-order valence-corrected chi connectivity index (χ4v) is 4.54. The van der Waals surface area contributed by atoms with E-state index in [2.05, 4.69) is 40.4 Å². The highest BCUT2D eigenvalue weighted by atomic mass is 32.2. The van der Waals surface area contributed by atoms with E-state index in [0.717, 1.165) is 29.6 Å². The Morgan fingerprint density at radius 1 is 1.07 bits per heavy atom. The van der Waals surface area contributed by atoms with Crippen LogP contribution in [0.5, 0.6) is 5.75 Å². The summed E-state index contributed by atoms with van der Waals surface area (Å²) in [5.74, 6) is 0.783. The monoisotopic (exact) mass is 422 g/mol. The van der Waals surface area contributed by atoms with Crippen LogP contribution in [-0.4, -0.2) is 57.4 Å². The van der Waals surface area contributed by atoms with Crippen molar-refractivity contribution in [2.75, 3.05) is 36.8 Å². The Kier molecular flexibility index (Phi) is 5.99. The van der Waals surface area contributed by atoms with Gasteiger partial charge in [-0.2, -0.15) is 0 Å². The summed E-state index contributed by atoms with van der Waals surface area (Å²) in [7, 11) is 0. The number of aromatic nitrogens is 2. The highest BCUT2D eigenvalue weighted by Crippen LogP contribution is 2.25. The van der Waals surface area contributed by atoms with E-state index in [9.17, 15) is 9.90 Å². The zero-order valence-electron chi connectivity index (χ0n) is 17.3. The number of anilines is 1. The largest absolute Gasteiger partial charge is 0.508 e. The topological polar surface area (TPSA) is 61.6 Å². The summed E-state index contributed by atoms with van der Waals surface area (Å²) in [4.78, 5) is 21.4.